The van der Waals surface area contributed by atoms with Crippen LogP contribution in [0.4, 0.5) is 15.9 Å². The Morgan fingerprint density at radius 1 is 1.26 bits per heavy atom. The second kappa shape index (κ2) is 5.64. The molecule has 4 N–H and O–H groups in total. The first-order valence-electron chi connectivity index (χ1n) is 5.29. The largest absolute Gasteiger partial charge is 0.322 e. The van der Waals surface area contributed by atoms with Gasteiger partial charge in [-0.05, 0) is 36.4 Å². The maximum absolute atomic E-state index is 12.7. The normalized spacial score (nSPS) is 10.1. The molecule has 0 saturated carbocycles. The molecule has 7 heteroatoms. The number of nitrogens with two attached hydrogens (primary N) is 1. The van der Waals surface area contributed by atoms with Crippen molar-refractivity contribution in [3.05, 3.63) is 52.9 Å². The molecule has 19 heavy (non-hydrogen) atoms. The number of pyridine rings is 1. The Morgan fingerprint density at radius 3 is 2.58 bits per heavy atom. The van der Waals surface area contributed by atoms with Gasteiger partial charge in [0, 0.05) is 11.3 Å². The first-order chi connectivity index (χ1) is 9.08. The molecule has 2 rings (SSSR count). The number of rotatable bonds is 3. The number of carbonyl (C=O) groups excluding carboxylic acids is 1. The lowest BCUT2D eigenvalue weighted by atomic mass is 10.2. The Morgan fingerprint density at radius 2 is 1.95 bits per heavy atom. The average molecular weight is 281 g/mol. The lowest BCUT2D eigenvalue weighted by molar-refractivity contribution is 0.102. The molecule has 0 radical (unpaired) electrons. The van der Waals surface area contributed by atoms with Crippen LogP contribution < -0.4 is 16.6 Å². The number of nitrogens with one attached hydrogen (secondary N) is 2. The molecule has 2 aromatic rings. The van der Waals surface area contributed by atoms with Crippen LogP contribution in [0.3, 0.4) is 0 Å². The molecular formula is C12H10ClFN4O. The highest BCUT2D eigenvalue weighted by Gasteiger charge is 2.09. The fraction of sp³-hybridized carbons (Fsp3) is 0. The van der Waals surface area contributed by atoms with Crippen LogP contribution in [0.5, 0.6) is 0 Å². The standard InChI is InChI=1S/C12H10ClFN4O/c13-10-5-7(6-11(17-10)18-15)12(19)16-9-3-1-8(14)2-4-9/h1-6H,15H2,(H,16,19)(H,17,18). The number of halogens is 2. The van der Waals surface area contributed by atoms with E-state index in [0.717, 1.165) is 0 Å². The topological polar surface area (TPSA) is 80.0 Å². The van der Waals surface area contributed by atoms with Crippen LogP contribution in [0.25, 0.3) is 0 Å². The van der Waals surface area contributed by atoms with Crippen molar-refractivity contribution in [3.63, 3.8) is 0 Å². The highest BCUT2D eigenvalue weighted by Crippen LogP contribution is 2.16. The minimum atomic E-state index is -0.396. The number of benzene rings is 1. The van der Waals surface area contributed by atoms with Gasteiger partial charge in [0.25, 0.3) is 5.91 Å². The first kappa shape index (κ1) is 13.3. The zero-order valence-electron chi connectivity index (χ0n) is 9.65. The number of nitrogen functional groups attached to an aromatic ring is 1. The van der Waals surface area contributed by atoms with Gasteiger partial charge < -0.3 is 10.7 Å². The van der Waals surface area contributed by atoms with Crippen LogP contribution in [-0.4, -0.2) is 10.9 Å². The Hall–Kier alpha value is -2.18. The van der Waals surface area contributed by atoms with E-state index in [0.29, 0.717) is 5.69 Å². The quantitative estimate of drug-likeness (QED) is 0.458. The molecular weight excluding hydrogens is 271 g/mol. The van der Waals surface area contributed by atoms with E-state index in [1.165, 1.54) is 36.4 Å². The van der Waals surface area contributed by atoms with E-state index in [2.05, 4.69) is 15.7 Å². The van der Waals surface area contributed by atoms with Crippen LogP contribution in [0.2, 0.25) is 5.15 Å². The molecule has 0 spiro atoms. The number of hydrogen-bond donors (Lipinski definition) is 3. The number of nitrogens with zero attached hydrogens (tertiary/aromatic N) is 1. The van der Waals surface area contributed by atoms with E-state index in [1.54, 1.807) is 0 Å². The van der Waals surface area contributed by atoms with E-state index >= 15 is 0 Å². The van der Waals surface area contributed by atoms with Gasteiger partial charge in [-0.15, -0.1) is 0 Å². The van der Waals surface area contributed by atoms with Gasteiger partial charge in [-0.1, -0.05) is 11.6 Å². The summed E-state index contributed by atoms with van der Waals surface area (Å²) < 4.78 is 12.7. The number of anilines is 2. The third kappa shape index (κ3) is 3.40. The second-order valence-corrected chi connectivity index (χ2v) is 4.06. The van der Waals surface area contributed by atoms with Crippen molar-refractivity contribution in [2.75, 3.05) is 10.7 Å². The Kier molecular flexibility index (Phi) is 3.94. The van der Waals surface area contributed by atoms with E-state index in [4.69, 9.17) is 17.4 Å². The zero-order valence-corrected chi connectivity index (χ0v) is 10.4. The maximum atomic E-state index is 12.7. The summed E-state index contributed by atoms with van der Waals surface area (Å²) in [6, 6.07) is 8.27. The molecule has 1 amide bonds. The van der Waals surface area contributed by atoms with Crippen molar-refractivity contribution in [2.24, 2.45) is 5.84 Å². The van der Waals surface area contributed by atoms with Crippen LogP contribution >= 0.6 is 11.6 Å². The molecule has 0 atom stereocenters. The third-order valence-corrected chi connectivity index (χ3v) is 2.50. The summed E-state index contributed by atoms with van der Waals surface area (Å²) in [6.07, 6.45) is 0. The maximum Gasteiger partial charge on any atom is 0.255 e. The number of hydrazine groups is 1. The van der Waals surface area contributed by atoms with Crippen molar-refractivity contribution in [1.82, 2.24) is 4.98 Å². The summed E-state index contributed by atoms with van der Waals surface area (Å²) in [4.78, 5) is 15.8. The summed E-state index contributed by atoms with van der Waals surface area (Å²) in [6.45, 7) is 0. The van der Waals surface area contributed by atoms with Crippen molar-refractivity contribution in [2.45, 2.75) is 0 Å². The van der Waals surface area contributed by atoms with Gasteiger partial charge >= 0.3 is 0 Å². The van der Waals surface area contributed by atoms with Gasteiger partial charge in [0.1, 0.15) is 16.8 Å². The molecule has 98 valence electrons. The molecule has 0 aliphatic heterocycles. The zero-order chi connectivity index (χ0) is 13.8. The SMILES string of the molecule is NNc1cc(C(=O)Nc2ccc(F)cc2)cc(Cl)n1. The van der Waals surface area contributed by atoms with Crippen LogP contribution in [0.1, 0.15) is 10.4 Å². The minimum absolute atomic E-state index is 0.139. The second-order valence-electron chi connectivity index (χ2n) is 3.67. The predicted octanol–water partition coefficient (Wildman–Crippen LogP) is 2.41. The molecule has 1 aromatic heterocycles. The molecule has 0 bridgehead atoms. The van der Waals surface area contributed by atoms with E-state index in [-0.39, 0.29) is 22.4 Å². The Bertz CT molecular complexity index is 603. The van der Waals surface area contributed by atoms with Crippen molar-refractivity contribution >= 4 is 29.0 Å². The summed E-state index contributed by atoms with van der Waals surface area (Å²) in [5, 5.41) is 2.74. The van der Waals surface area contributed by atoms with Gasteiger partial charge in [-0.2, -0.15) is 0 Å². The van der Waals surface area contributed by atoms with E-state index < -0.39 is 5.91 Å². The number of carbonyl (C=O) groups is 1. The molecule has 1 heterocycles. The van der Waals surface area contributed by atoms with Crippen LogP contribution in [0.15, 0.2) is 36.4 Å². The number of amides is 1. The summed E-state index contributed by atoms with van der Waals surface area (Å²) in [5.41, 5.74) is 3.07. The van der Waals surface area contributed by atoms with Crippen molar-refractivity contribution in [3.8, 4) is 0 Å². The summed E-state index contributed by atoms with van der Waals surface area (Å²) in [7, 11) is 0. The van der Waals surface area contributed by atoms with Gasteiger partial charge in [0.2, 0.25) is 0 Å². The number of hydrogen-bond acceptors (Lipinski definition) is 4. The molecule has 5 nitrogen and oxygen atoms in total. The highest BCUT2D eigenvalue weighted by atomic mass is 35.5. The average Bonchev–Trinajstić information content (AvgIpc) is 2.40. The van der Waals surface area contributed by atoms with Crippen molar-refractivity contribution in [1.29, 1.82) is 0 Å². The Balaban J connectivity index is 2.20. The molecule has 0 aliphatic rings. The van der Waals surface area contributed by atoms with Crippen LogP contribution in [0, 0.1) is 5.82 Å². The van der Waals surface area contributed by atoms with E-state index in [9.17, 15) is 9.18 Å². The van der Waals surface area contributed by atoms with Gasteiger partial charge in [-0.3, -0.25) is 4.79 Å². The summed E-state index contributed by atoms with van der Waals surface area (Å²) in [5.74, 6) is 4.72. The molecule has 1 aromatic carbocycles. The molecule has 0 unspecified atom stereocenters. The Labute approximate surface area is 113 Å². The van der Waals surface area contributed by atoms with Crippen LogP contribution in [-0.2, 0) is 0 Å². The lowest BCUT2D eigenvalue weighted by Crippen LogP contribution is -2.14. The minimum Gasteiger partial charge on any atom is -0.322 e. The highest BCUT2D eigenvalue weighted by molar-refractivity contribution is 6.30. The molecule has 0 saturated heterocycles. The fourth-order valence-corrected chi connectivity index (χ4v) is 1.65. The summed E-state index contributed by atoms with van der Waals surface area (Å²) >= 11 is 5.76. The lowest BCUT2D eigenvalue weighted by Gasteiger charge is -2.07. The monoisotopic (exact) mass is 280 g/mol. The van der Waals surface area contributed by atoms with Gasteiger partial charge in [0.05, 0.1) is 0 Å². The fourth-order valence-electron chi connectivity index (χ4n) is 1.44. The van der Waals surface area contributed by atoms with Gasteiger partial charge in [0.15, 0.2) is 0 Å². The predicted molar refractivity (Wildman–Crippen MR) is 71.4 cm³/mol. The van der Waals surface area contributed by atoms with Crippen molar-refractivity contribution < 1.29 is 9.18 Å². The molecule has 0 fully saturated rings. The first-order valence-corrected chi connectivity index (χ1v) is 5.67. The smallest absolute Gasteiger partial charge is 0.255 e. The van der Waals surface area contributed by atoms with E-state index in [1.807, 2.05) is 0 Å². The third-order valence-electron chi connectivity index (χ3n) is 2.31. The van der Waals surface area contributed by atoms with Gasteiger partial charge in [-0.25, -0.2) is 15.2 Å². The molecule has 0 aliphatic carbocycles. The number of aromatic nitrogens is 1.